The Hall–Kier alpha value is -3.02. The number of hydrogen-bond acceptors (Lipinski definition) is 4. The Morgan fingerprint density at radius 2 is 1.87 bits per heavy atom. The van der Waals surface area contributed by atoms with E-state index in [0.29, 0.717) is 23.0 Å². The van der Waals surface area contributed by atoms with Crippen LogP contribution in [-0.4, -0.2) is 24.4 Å². The maximum absolute atomic E-state index is 13.4. The molecule has 0 spiro atoms. The first kappa shape index (κ1) is 19.0. The van der Waals surface area contributed by atoms with Crippen molar-refractivity contribution in [2.45, 2.75) is 52.5 Å². The number of hydrogen-bond donors (Lipinski definition) is 0. The zero-order valence-corrected chi connectivity index (χ0v) is 17.7. The van der Waals surface area contributed by atoms with Gasteiger partial charge in [-0.15, -0.1) is 10.2 Å². The normalized spacial score (nSPS) is 22.0. The number of nitrogens with zero attached hydrogens (tertiary/aromatic N) is 5. The molecule has 0 unspecified atom stereocenters. The van der Waals surface area contributed by atoms with Crippen LogP contribution in [0.2, 0.25) is 0 Å². The molecule has 3 heterocycles. The molecule has 1 aromatic carbocycles. The smallest absolute Gasteiger partial charge is 0.280 e. The van der Waals surface area contributed by atoms with Crippen LogP contribution in [0.3, 0.4) is 0 Å². The Balaban J connectivity index is 1.71. The van der Waals surface area contributed by atoms with Crippen molar-refractivity contribution >= 4 is 16.7 Å². The van der Waals surface area contributed by atoms with E-state index in [-0.39, 0.29) is 11.6 Å². The average Bonchev–Trinajstić information content (AvgIpc) is 3.16. The second-order valence-electron chi connectivity index (χ2n) is 8.57. The van der Waals surface area contributed by atoms with Crippen molar-refractivity contribution in [2.24, 2.45) is 11.8 Å². The third kappa shape index (κ3) is 2.85. The lowest BCUT2D eigenvalue weighted by Gasteiger charge is -2.35. The molecule has 3 aromatic heterocycles. The second kappa shape index (κ2) is 7.35. The zero-order valence-electron chi connectivity index (χ0n) is 17.7. The second-order valence-corrected chi connectivity index (χ2v) is 8.57. The van der Waals surface area contributed by atoms with Gasteiger partial charge in [0.05, 0.1) is 11.3 Å². The predicted octanol–water partition coefficient (Wildman–Crippen LogP) is 4.67. The van der Waals surface area contributed by atoms with Crippen molar-refractivity contribution in [3.8, 4) is 11.1 Å². The van der Waals surface area contributed by atoms with Crippen molar-refractivity contribution < 1.29 is 0 Å². The molecule has 6 heteroatoms. The van der Waals surface area contributed by atoms with Gasteiger partial charge in [0.1, 0.15) is 5.52 Å². The summed E-state index contributed by atoms with van der Waals surface area (Å²) in [6.45, 7) is 6.63. The quantitative estimate of drug-likeness (QED) is 0.501. The van der Waals surface area contributed by atoms with Gasteiger partial charge in [0.15, 0.2) is 11.2 Å². The van der Waals surface area contributed by atoms with Gasteiger partial charge in [0, 0.05) is 12.2 Å². The zero-order chi connectivity index (χ0) is 20.8. The third-order valence-corrected chi connectivity index (χ3v) is 6.90. The Labute approximate surface area is 175 Å². The van der Waals surface area contributed by atoms with Gasteiger partial charge in [-0.05, 0) is 36.3 Å². The van der Waals surface area contributed by atoms with E-state index in [1.165, 1.54) is 6.42 Å². The lowest BCUT2D eigenvalue weighted by Crippen LogP contribution is -2.34. The average molecular weight is 402 g/mol. The highest BCUT2D eigenvalue weighted by Crippen LogP contribution is 2.37. The van der Waals surface area contributed by atoms with E-state index >= 15 is 0 Å². The minimum Gasteiger partial charge on any atom is -0.310 e. The first-order valence-corrected chi connectivity index (χ1v) is 10.9. The van der Waals surface area contributed by atoms with Crippen LogP contribution in [0.25, 0.3) is 27.8 Å². The monoisotopic (exact) mass is 401 g/mol. The molecule has 1 fully saturated rings. The van der Waals surface area contributed by atoms with Crippen LogP contribution >= 0.6 is 0 Å². The molecule has 154 valence electrons. The van der Waals surface area contributed by atoms with Crippen molar-refractivity contribution in [3.63, 3.8) is 0 Å². The molecule has 4 aromatic rings. The lowest BCUT2D eigenvalue weighted by atomic mass is 9.78. The molecule has 0 N–H and O–H groups in total. The molecule has 0 radical (unpaired) electrons. The largest absolute Gasteiger partial charge is 0.310 e. The van der Waals surface area contributed by atoms with Crippen LogP contribution < -0.4 is 5.56 Å². The summed E-state index contributed by atoms with van der Waals surface area (Å²) in [5, 5.41) is 13.7. The molecule has 0 bridgehead atoms. The van der Waals surface area contributed by atoms with Crippen molar-refractivity contribution in [1.29, 1.82) is 0 Å². The van der Waals surface area contributed by atoms with Gasteiger partial charge < -0.3 is 4.57 Å². The van der Waals surface area contributed by atoms with Crippen molar-refractivity contribution in [2.75, 3.05) is 0 Å². The van der Waals surface area contributed by atoms with E-state index in [9.17, 15) is 4.79 Å². The summed E-state index contributed by atoms with van der Waals surface area (Å²) in [4.78, 5) is 13.4. The van der Waals surface area contributed by atoms with Crippen LogP contribution in [0.4, 0.5) is 0 Å². The number of aryl methyl sites for hydroxylation is 1. The van der Waals surface area contributed by atoms with Gasteiger partial charge in [0.25, 0.3) is 5.56 Å². The molecule has 1 aliphatic rings. The van der Waals surface area contributed by atoms with E-state index in [4.69, 9.17) is 5.10 Å². The number of rotatable bonds is 3. The highest BCUT2D eigenvalue weighted by Gasteiger charge is 2.29. The Morgan fingerprint density at radius 1 is 1.07 bits per heavy atom. The number of benzene rings is 1. The van der Waals surface area contributed by atoms with Gasteiger partial charge >= 0.3 is 0 Å². The Bertz CT molecular complexity index is 1270. The first-order valence-electron chi connectivity index (χ1n) is 10.9. The maximum Gasteiger partial charge on any atom is 0.280 e. The van der Waals surface area contributed by atoms with Crippen molar-refractivity contribution in [3.05, 3.63) is 58.6 Å². The molecular formula is C24H27N5O. The summed E-state index contributed by atoms with van der Waals surface area (Å²) < 4.78 is 3.67. The topological polar surface area (TPSA) is 65.1 Å². The van der Waals surface area contributed by atoms with Gasteiger partial charge in [-0.2, -0.15) is 5.10 Å². The minimum atomic E-state index is -0.0670. The van der Waals surface area contributed by atoms with Gasteiger partial charge in [-0.25, -0.2) is 4.52 Å². The van der Waals surface area contributed by atoms with Crippen LogP contribution in [0.1, 0.15) is 51.8 Å². The fraction of sp³-hybridized carbons (Fsp3) is 0.417. The number of fused-ring (bicyclic) bond motifs is 3. The molecule has 5 rings (SSSR count). The van der Waals surface area contributed by atoms with Crippen molar-refractivity contribution in [1.82, 2.24) is 24.4 Å². The van der Waals surface area contributed by atoms with E-state index in [2.05, 4.69) is 43.1 Å². The number of aromatic nitrogens is 5. The van der Waals surface area contributed by atoms with Crippen LogP contribution in [0, 0.1) is 11.8 Å². The molecule has 0 saturated heterocycles. The SMILES string of the molecule is CCc1nn2c(nnc3c(=O)n([C@@H]4CCC[C@H](C)[C@@H]4C)ccc32)c1-c1ccccc1. The van der Waals surface area contributed by atoms with Crippen LogP contribution in [0.15, 0.2) is 47.4 Å². The molecule has 6 nitrogen and oxygen atoms in total. The standard InChI is InChI=1S/C24H27N5O/c1-4-18-21(17-10-6-5-7-11-17)23-26-25-22-20(29(23)27-18)13-14-28(24(22)30)19-12-8-9-15(2)16(19)3/h5-7,10-11,13-16,19H,4,8-9,12H2,1-3H3/t15-,16-,19+/m0/s1. The molecule has 0 amide bonds. The van der Waals surface area contributed by atoms with E-state index in [0.717, 1.165) is 41.6 Å². The van der Waals surface area contributed by atoms with Gasteiger partial charge in [-0.1, -0.05) is 63.9 Å². The predicted molar refractivity (Wildman–Crippen MR) is 119 cm³/mol. The van der Waals surface area contributed by atoms with Gasteiger partial charge in [0.2, 0.25) is 0 Å². The summed E-state index contributed by atoms with van der Waals surface area (Å²) in [7, 11) is 0. The molecular weight excluding hydrogens is 374 g/mol. The summed E-state index contributed by atoms with van der Waals surface area (Å²) in [5.74, 6) is 1.08. The Kier molecular flexibility index (Phi) is 4.65. The maximum atomic E-state index is 13.4. The van der Waals surface area contributed by atoms with E-state index < -0.39 is 0 Å². The van der Waals surface area contributed by atoms with E-state index in [1.54, 1.807) is 4.52 Å². The molecule has 30 heavy (non-hydrogen) atoms. The summed E-state index contributed by atoms with van der Waals surface area (Å²) in [6.07, 6.45) is 6.14. The van der Waals surface area contributed by atoms with Crippen LogP contribution in [-0.2, 0) is 6.42 Å². The molecule has 1 aliphatic carbocycles. The molecule has 3 atom stereocenters. The van der Waals surface area contributed by atoms with E-state index in [1.807, 2.05) is 35.0 Å². The fourth-order valence-electron chi connectivity index (χ4n) is 4.96. The lowest BCUT2D eigenvalue weighted by molar-refractivity contribution is 0.183. The number of pyridine rings is 1. The summed E-state index contributed by atoms with van der Waals surface area (Å²) >= 11 is 0. The molecule has 0 aliphatic heterocycles. The van der Waals surface area contributed by atoms with Crippen LogP contribution in [0.5, 0.6) is 0 Å². The first-order chi connectivity index (χ1) is 14.6. The highest BCUT2D eigenvalue weighted by atomic mass is 16.1. The van der Waals surface area contributed by atoms with Gasteiger partial charge in [-0.3, -0.25) is 4.79 Å². The highest BCUT2D eigenvalue weighted by molar-refractivity contribution is 5.84. The summed E-state index contributed by atoms with van der Waals surface area (Å²) in [6, 6.07) is 12.3. The Morgan fingerprint density at radius 3 is 2.63 bits per heavy atom. The minimum absolute atomic E-state index is 0.0670. The summed E-state index contributed by atoms with van der Waals surface area (Å²) in [5.41, 5.74) is 4.75. The fourth-order valence-corrected chi connectivity index (χ4v) is 4.96. The molecule has 1 saturated carbocycles. The third-order valence-electron chi connectivity index (χ3n) is 6.90.